The van der Waals surface area contributed by atoms with Crippen LogP contribution in [0.25, 0.3) is 11.0 Å². The minimum Gasteiger partial charge on any atom is -0.397 e. The molecule has 0 bridgehead atoms. The Bertz CT molecular complexity index is 502. The van der Waals surface area contributed by atoms with Crippen LogP contribution in [0.1, 0.15) is 19.2 Å². The molecule has 0 fully saturated rings. The van der Waals surface area contributed by atoms with Gasteiger partial charge in [-0.2, -0.15) is 0 Å². The van der Waals surface area contributed by atoms with Gasteiger partial charge < -0.3 is 10.3 Å². The van der Waals surface area contributed by atoms with Crippen molar-refractivity contribution in [3.63, 3.8) is 0 Å². The van der Waals surface area contributed by atoms with Crippen molar-refractivity contribution in [3.8, 4) is 0 Å². The van der Waals surface area contributed by atoms with E-state index in [0.717, 1.165) is 29.8 Å². The van der Waals surface area contributed by atoms with E-state index in [1.54, 1.807) is 6.07 Å². The number of nitrogen functional groups attached to an aromatic ring is 1. The van der Waals surface area contributed by atoms with E-state index < -0.39 is 0 Å². The van der Waals surface area contributed by atoms with Crippen LogP contribution in [0.15, 0.2) is 12.1 Å². The van der Waals surface area contributed by atoms with E-state index in [2.05, 4.69) is 16.5 Å². The lowest BCUT2D eigenvalue weighted by Crippen LogP contribution is -1.98. The molecule has 0 unspecified atom stereocenters. The van der Waals surface area contributed by atoms with E-state index in [-0.39, 0.29) is 0 Å². The van der Waals surface area contributed by atoms with Crippen LogP contribution in [0.5, 0.6) is 0 Å². The molecule has 2 aromatic rings. The molecule has 1 aromatic carbocycles. The summed E-state index contributed by atoms with van der Waals surface area (Å²) in [5.41, 5.74) is 8.40. The second kappa shape index (κ2) is 3.74. The first kappa shape index (κ1) is 10.3. The number of halogens is 1. The number of hydrogen-bond donors (Lipinski definition) is 1. The molecule has 0 saturated heterocycles. The van der Waals surface area contributed by atoms with Gasteiger partial charge in [-0.25, -0.2) is 4.98 Å². The lowest BCUT2D eigenvalue weighted by Gasteiger charge is -2.04. The standard InChI is InChI=1S/C11H14ClN3/c1-3-4-15-7(2)14-11-9(13)5-8(12)6-10(11)15/h5-6H,3-4,13H2,1-2H3. The van der Waals surface area contributed by atoms with Crippen molar-refractivity contribution in [2.45, 2.75) is 26.8 Å². The molecule has 3 nitrogen and oxygen atoms in total. The van der Waals surface area contributed by atoms with E-state index in [0.29, 0.717) is 10.7 Å². The highest BCUT2D eigenvalue weighted by Gasteiger charge is 2.09. The molecule has 2 N–H and O–H groups in total. The van der Waals surface area contributed by atoms with E-state index >= 15 is 0 Å². The summed E-state index contributed by atoms with van der Waals surface area (Å²) in [6.45, 7) is 5.07. The highest BCUT2D eigenvalue weighted by atomic mass is 35.5. The Balaban J connectivity index is 2.74. The molecule has 0 radical (unpaired) electrons. The minimum atomic E-state index is 0.649. The van der Waals surface area contributed by atoms with Crippen LogP contribution in [-0.2, 0) is 6.54 Å². The maximum atomic E-state index is 5.98. The molecule has 0 amide bonds. The molecular formula is C11H14ClN3. The normalized spacial score (nSPS) is 11.1. The number of aromatic nitrogens is 2. The first-order chi connectivity index (χ1) is 7.13. The third-order valence-corrected chi connectivity index (χ3v) is 2.70. The number of nitrogens with zero attached hydrogens (tertiary/aromatic N) is 2. The van der Waals surface area contributed by atoms with Crippen molar-refractivity contribution in [2.75, 3.05) is 5.73 Å². The zero-order chi connectivity index (χ0) is 11.0. The van der Waals surface area contributed by atoms with Gasteiger partial charge in [-0.1, -0.05) is 18.5 Å². The zero-order valence-corrected chi connectivity index (χ0v) is 9.67. The number of hydrogen-bond acceptors (Lipinski definition) is 2. The van der Waals surface area contributed by atoms with Gasteiger partial charge in [0, 0.05) is 11.6 Å². The quantitative estimate of drug-likeness (QED) is 0.796. The summed E-state index contributed by atoms with van der Waals surface area (Å²) in [7, 11) is 0. The van der Waals surface area contributed by atoms with Crippen molar-refractivity contribution in [3.05, 3.63) is 23.0 Å². The van der Waals surface area contributed by atoms with Crippen LogP contribution in [0.4, 0.5) is 5.69 Å². The Labute approximate surface area is 93.9 Å². The number of rotatable bonds is 2. The summed E-state index contributed by atoms with van der Waals surface area (Å²) in [6.07, 6.45) is 1.07. The summed E-state index contributed by atoms with van der Waals surface area (Å²) in [4.78, 5) is 4.45. The molecule has 2 rings (SSSR count). The first-order valence-corrected chi connectivity index (χ1v) is 5.43. The van der Waals surface area contributed by atoms with Crippen molar-refractivity contribution in [2.24, 2.45) is 0 Å². The van der Waals surface area contributed by atoms with E-state index in [9.17, 15) is 0 Å². The van der Waals surface area contributed by atoms with E-state index in [1.165, 1.54) is 0 Å². The SMILES string of the molecule is CCCn1c(C)nc2c(N)cc(Cl)cc21. The summed E-state index contributed by atoms with van der Waals surface area (Å²) < 4.78 is 2.15. The van der Waals surface area contributed by atoms with Gasteiger partial charge in [-0.05, 0) is 25.5 Å². The Morgan fingerprint density at radius 1 is 1.47 bits per heavy atom. The number of fused-ring (bicyclic) bond motifs is 1. The van der Waals surface area contributed by atoms with Crippen LogP contribution in [0.3, 0.4) is 0 Å². The molecule has 1 heterocycles. The summed E-state index contributed by atoms with van der Waals surface area (Å²) in [6, 6.07) is 3.66. The molecule has 0 spiro atoms. The van der Waals surface area contributed by atoms with Gasteiger partial charge in [-0.3, -0.25) is 0 Å². The van der Waals surface area contributed by atoms with Crippen molar-refractivity contribution >= 4 is 28.3 Å². The number of benzene rings is 1. The monoisotopic (exact) mass is 223 g/mol. The van der Waals surface area contributed by atoms with Gasteiger partial charge in [0.15, 0.2) is 0 Å². The number of nitrogens with two attached hydrogens (primary N) is 1. The Morgan fingerprint density at radius 2 is 2.20 bits per heavy atom. The summed E-state index contributed by atoms with van der Waals surface area (Å²) in [5, 5.41) is 0.664. The van der Waals surface area contributed by atoms with Crippen LogP contribution in [-0.4, -0.2) is 9.55 Å². The largest absolute Gasteiger partial charge is 0.397 e. The molecule has 0 saturated carbocycles. The van der Waals surface area contributed by atoms with Gasteiger partial charge in [0.1, 0.15) is 11.3 Å². The Kier molecular flexibility index (Phi) is 2.57. The van der Waals surface area contributed by atoms with Gasteiger partial charge in [-0.15, -0.1) is 0 Å². The highest BCUT2D eigenvalue weighted by Crippen LogP contribution is 2.26. The molecule has 0 aliphatic heterocycles. The fourth-order valence-electron chi connectivity index (χ4n) is 1.84. The number of imidazole rings is 1. The molecule has 0 aliphatic carbocycles. The van der Waals surface area contributed by atoms with Crippen LogP contribution >= 0.6 is 11.6 Å². The first-order valence-electron chi connectivity index (χ1n) is 5.05. The molecule has 1 aromatic heterocycles. The second-order valence-electron chi connectivity index (χ2n) is 3.67. The number of aryl methyl sites for hydroxylation is 2. The molecule has 0 atom stereocenters. The summed E-state index contributed by atoms with van der Waals surface area (Å²) in [5.74, 6) is 0.987. The molecular weight excluding hydrogens is 210 g/mol. The third-order valence-electron chi connectivity index (χ3n) is 2.49. The Morgan fingerprint density at radius 3 is 2.87 bits per heavy atom. The molecule has 0 aliphatic rings. The average molecular weight is 224 g/mol. The lowest BCUT2D eigenvalue weighted by atomic mass is 10.2. The molecule has 4 heteroatoms. The number of anilines is 1. The van der Waals surface area contributed by atoms with Crippen molar-refractivity contribution in [1.29, 1.82) is 0 Å². The third kappa shape index (κ3) is 1.67. The van der Waals surface area contributed by atoms with E-state index in [1.807, 2.05) is 13.0 Å². The van der Waals surface area contributed by atoms with Gasteiger partial charge >= 0.3 is 0 Å². The van der Waals surface area contributed by atoms with Crippen LogP contribution < -0.4 is 5.73 Å². The van der Waals surface area contributed by atoms with Gasteiger partial charge in [0.05, 0.1) is 11.2 Å². The van der Waals surface area contributed by atoms with Crippen molar-refractivity contribution in [1.82, 2.24) is 9.55 Å². The van der Waals surface area contributed by atoms with Crippen molar-refractivity contribution < 1.29 is 0 Å². The van der Waals surface area contributed by atoms with Crippen LogP contribution in [0.2, 0.25) is 5.02 Å². The van der Waals surface area contributed by atoms with E-state index in [4.69, 9.17) is 17.3 Å². The Hall–Kier alpha value is -1.22. The maximum absolute atomic E-state index is 5.98. The fraction of sp³-hybridized carbons (Fsp3) is 0.364. The highest BCUT2D eigenvalue weighted by molar-refractivity contribution is 6.31. The molecule has 80 valence electrons. The average Bonchev–Trinajstić information content (AvgIpc) is 2.46. The van der Waals surface area contributed by atoms with Gasteiger partial charge in [0.2, 0.25) is 0 Å². The fourth-order valence-corrected chi connectivity index (χ4v) is 2.06. The summed E-state index contributed by atoms with van der Waals surface area (Å²) >= 11 is 5.98. The second-order valence-corrected chi connectivity index (χ2v) is 4.11. The molecule has 15 heavy (non-hydrogen) atoms. The van der Waals surface area contributed by atoms with Gasteiger partial charge in [0.25, 0.3) is 0 Å². The predicted molar refractivity (Wildman–Crippen MR) is 64.2 cm³/mol. The maximum Gasteiger partial charge on any atom is 0.112 e. The van der Waals surface area contributed by atoms with Crippen LogP contribution in [0, 0.1) is 6.92 Å². The smallest absolute Gasteiger partial charge is 0.112 e. The zero-order valence-electron chi connectivity index (χ0n) is 8.92. The topological polar surface area (TPSA) is 43.8 Å². The predicted octanol–water partition coefficient (Wildman–Crippen LogP) is 2.99. The minimum absolute atomic E-state index is 0.649. The lowest BCUT2D eigenvalue weighted by molar-refractivity contribution is 0.676.